The number of nitrogen functional groups attached to an aromatic ring is 1. The summed E-state index contributed by atoms with van der Waals surface area (Å²) < 4.78 is 0. The average molecular weight is 275 g/mol. The maximum absolute atomic E-state index is 11.9. The number of rotatable bonds is 5. The first-order valence-corrected chi connectivity index (χ1v) is 5.88. The molecule has 0 saturated carbocycles. The van der Waals surface area contributed by atoms with Crippen LogP contribution in [0.3, 0.4) is 0 Å². The first kappa shape index (κ1) is 13.5. The molecule has 8 heteroatoms. The summed E-state index contributed by atoms with van der Waals surface area (Å²) in [5.41, 5.74) is 5.42. The van der Waals surface area contributed by atoms with Crippen molar-refractivity contribution < 1.29 is 9.72 Å². The van der Waals surface area contributed by atoms with E-state index >= 15 is 0 Å². The minimum absolute atomic E-state index is 0.0298. The van der Waals surface area contributed by atoms with Gasteiger partial charge in [-0.3, -0.25) is 14.9 Å². The van der Waals surface area contributed by atoms with E-state index in [1.54, 1.807) is 12.4 Å². The lowest BCUT2D eigenvalue weighted by molar-refractivity contribution is -0.383. The number of nitrogens with zero attached hydrogens (tertiary/aromatic N) is 2. The van der Waals surface area contributed by atoms with Gasteiger partial charge in [-0.1, -0.05) is 0 Å². The number of hydrogen-bond donors (Lipinski definition) is 3. The normalized spacial score (nSPS) is 10.2. The molecule has 0 aliphatic heterocycles. The summed E-state index contributed by atoms with van der Waals surface area (Å²) in [7, 11) is 0. The van der Waals surface area contributed by atoms with Crippen molar-refractivity contribution >= 4 is 17.3 Å². The molecule has 20 heavy (non-hydrogen) atoms. The lowest BCUT2D eigenvalue weighted by Gasteiger charge is -2.05. The second-order valence-electron chi connectivity index (χ2n) is 4.07. The molecule has 1 heterocycles. The Morgan fingerprint density at radius 3 is 2.95 bits per heavy atom. The molecular weight excluding hydrogens is 262 g/mol. The van der Waals surface area contributed by atoms with Gasteiger partial charge >= 0.3 is 0 Å². The van der Waals surface area contributed by atoms with E-state index in [9.17, 15) is 14.9 Å². The van der Waals surface area contributed by atoms with Crippen LogP contribution in [0.4, 0.5) is 11.4 Å². The number of aromatic amines is 1. The van der Waals surface area contributed by atoms with Gasteiger partial charge in [0.15, 0.2) is 0 Å². The minimum Gasteiger partial charge on any atom is -0.393 e. The Balaban J connectivity index is 1.98. The second kappa shape index (κ2) is 5.83. The van der Waals surface area contributed by atoms with Crippen molar-refractivity contribution in [3.05, 3.63) is 52.1 Å². The van der Waals surface area contributed by atoms with Crippen molar-refractivity contribution in [2.75, 3.05) is 12.3 Å². The van der Waals surface area contributed by atoms with Crippen molar-refractivity contribution in [1.29, 1.82) is 0 Å². The van der Waals surface area contributed by atoms with E-state index in [0.29, 0.717) is 13.0 Å². The number of carbonyl (C=O) groups excluding carboxylic acids is 1. The molecule has 0 unspecified atom stereocenters. The quantitative estimate of drug-likeness (QED) is 0.424. The van der Waals surface area contributed by atoms with Crippen LogP contribution in [-0.2, 0) is 6.42 Å². The second-order valence-corrected chi connectivity index (χ2v) is 4.07. The van der Waals surface area contributed by atoms with Crippen LogP contribution < -0.4 is 11.1 Å². The predicted octanol–water partition coefficient (Wildman–Crippen LogP) is 0.873. The number of benzene rings is 1. The van der Waals surface area contributed by atoms with Gasteiger partial charge in [0, 0.05) is 37.0 Å². The summed E-state index contributed by atoms with van der Waals surface area (Å²) in [5, 5.41) is 13.4. The highest BCUT2D eigenvalue weighted by Crippen LogP contribution is 2.22. The zero-order chi connectivity index (χ0) is 14.5. The third-order valence-corrected chi connectivity index (χ3v) is 2.69. The number of imidazole rings is 1. The standard InChI is InChI=1S/C12H13N5O3/c13-9-2-1-8(7-10(9)17(19)20)12(18)16-4-3-11-14-5-6-15-11/h1-2,5-7H,3-4,13H2,(H,14,15)(H,16,18). The number of H-pyrrole nitrogens is 1. The van der Waals surface area contributed by atoms with E-state index in [2.05, 4.69) is 15.3 Å². The smallest absolute Gasteiger partial charge is 0.292 e. The molecule has 2 rings (SSSR count). The fourth-order valence-corrected chi connectivity index (χ4v) is 1.67. The monoisotopic (exact) mass is 275 g/mol. The summed E-state index contributed by atoms with van der Waals surface area (Å²) in [5.74, 6) is 0.369. The van der Waals surface area contributed by atoms with Gasteiger partial charge in [-0.05, 0) is 12.1 Å². The first-order chi connectivity index (χ1) is 9.58. The molecule has 1 aromatic heterocycles. The van der Waals surface area contributed by atoms with Crippen LogP contribution in [0.5, 0.6) is 0 Å². The Labute approximate surface area is 114 Å². The topological polar surface area (TPSA) is 127 Å². The van der Waals surface area contributed by atoms with Crippen molar-refractivity contribution in [1.82, 2.24) is 15.3 Å². The van der Waals surface area contributed by atoms with Gasteiger partial charge in [0.2, 0.25) is 0 Å². The highest BCUT2D eigenvalue weighted by Gasteiger charge is 2.15. The minimum atomic E-state index is -0.616. The Hall–Kier alpha value is -2.90. The average Bonchev–Trinajstić information content (AvgIpc) is 2.92. The van der Waals surface area contributed by atoms with Gasteiger partial charge in [0.05, 0.1) is 4.92 Å². The maximum atomic E-state index is 11.9. The van der Waals surface area contributed by atoms with Crippen molar-refractivity contribution in [3.8, 4) is 0 Å². The van der Waals surface area contributed by atoms with Gasteiger partial charge in [0.25, 0.3) is 11.6 Å². The molecule has 0 aliphatic carbocycles. The van der Waals surface area contributed by atoms with Crippen LogP contribution in [0, 0.1) is 10.1 Å². The molecule has 2 aromatic rings. The largest absolute Gasteiger partial charge is 0.393 e. The maximum Gasteiger partial charge on any atom is 0.292 e. The van der Waals surface area contributed by atoms with Gasteiger partial charge in [-0.15, -0.1) is 0 Å². The van der Waals surface area contributed by atoms with Gasteiger partial charge < -0.3 is 16.0 Å². The Bertz CT molecular complexity index is 624. The van der Waals surface area contributed by atoms with Gasteiger partial charge in [0.1, 0.15) is 11.5 Å². The van der Waals surface area contributed by atoms with Crippen molar-refractivity contribution in [3.63, 3.8) is 0 Å². The lowest BCUT2D eigenvalue weighted by atomic mass is 10.1. The van der Waals surface area contributed by atoms with Crippen LogP contribution in [0.25, 0.3) is 0 Å². The third kappa shape index (κ3) is 3.10. The molecule has 0 bridgehead atoms. The number of aromatic nitrogens is 2. The van der Waals surface area contributed by atoms with E-state index in [0.717, 1.165) is 11.9 Å². The van der Waals surface area contributed by atoms with Crippen LogP contribution in [0.2, 0.25) is 0 Å². The summed E-state index contributed by atoms with van der Waals surface area (Å²) in [6, 6.07) is 3.96. The molecule has 1 amide bonds. The Morgan fingerprint density at radius 1 is 1.50 bits per heavy atom. The molecule has 0 atom stereocenters. The summed E-state index contributed by atoms with van der Waals surface area (Å²) in [4.78, 5) is 28.9. The number of amides is 1. The molecule has 0 radical (unpaired) electrons. The molecule has 4 N–H and O–H groups in total. The summed E-state index contributed by atoms with van der Waals surface area (Å²) >= 11 is 0. The van der Waals surface area contributed by atoms with Crippen molar-refractivity contribution in [2.45, 2.75) is 6.42 Å². The highest BCUT2D eigenvalue weighted by molar-refractivity contribution is 5.95. The number of nitro benzene ring substituents is 1. The number of anilines is 1. The van der Waals surface area contributed by atoms with E-state index < -0.39 is 4.92 Å². The van der Waals surface area contributed by atoms with E-state index in [-0.39, 0.29) is 22.8 Å². The van der Waals surface area contributed by atoms with Crippen molar-refractivity contribution in [2.24, 2.45) is 0 Å². The van der Waals surface area contributed by atoms with Crippen LogP contribution in [0.1, 0.15) is 16.2 Å². The number of hydrogen-bond acceptors (Lipinski definition) is 5. The number of nitro groups is 1. The van der Waals surface area contributed by atoms with Crippen LogP contribution in [-0.4, -0.2) is 27.3 Å². The van der Waals surface area contributed by atoms with Crippen LogP contribution >= 0.6 is 0 Å². The number of nitrogens with two attached hydrogens (primary N) is 1. The molecule has 1 aromatic carbocycles. The molecule has 8 nitrogen and oxygen atoms in total. The number of carbonyl (C=O) groups is 1. The highest BCUT2D eigenvalue weighted by atomic mass is 16.6. The van der Waals surface area contributed by atoms with Crippen LogP contribution in [0.15, 0.2) is 30.6 Å². The van der Waals surface area contributed by atoms with E-state index in [4.69, 9.17) is 5.73 Å². The summed E-state index contributed by atoms with van der Waals surface area (Å²) in [6.07, 6.45) is 3.87. The van der Waals surface area contributed by atoms with Gasteiger partial charge in [-0.25, -0.2) is 4.98 Å². The third-order valence-electron chi connectivity index (χ3n) is 2.69. The predicted molar refractivity (Wildman–Crippen MR) is 72.1 cm³/mol. The van der Waals surface area contributed by atoms with E-state index in [1.165, 1.54) is 12.1 Å². The number of nitrogens with one attached hydrogen (secondary N) is 2. The van der Waals surface area contributed by atoms with Gasteiger partial charge in [-0.2, -0.15) is 0 Å². The zero-order valence-electron chi connectivity index (χ0n) is 10.5. The Morgan fingerprint density at radius 2 is 2.30 bits per heavy atom. The SMILES string of the molecule is Nc1ccc(C(=O)NCCc2ncc[nH]2)cc1[N+](=O)[O-]. The lowest BCUT2D eigenvalue weighted by Crippen LogP contribution is -2.26. The Kier molecular flexibility index (Phi) is 3.94. The molecular formula is C12H13N5O3. The molecule has 0 spiro atoms. The molecule has 0 saturated heterocycles. The zero-order valence-corrected chi connectivity index (χ0v) is 10.5. The summed E-state index contributed by atoms with van der Waals surface area (Å²) in [6.45, 7) is 0.379. The molecule has 104 valence electrons. The molecule has 0 fully saturated rings. The fourth-order valence-electron chi connectivity index (χ4n) is 1.67. The van der Waals surface area contributed by atoms with E-state index in [1.807, 2.05) is 0 Å². The fraction of sp³-hybridized carbons (Fsp3) is 0.167. The first-order valence-electron chi connectivity index (χ1n) is 5.88. The molecule has 0 aliphatic rings.